The average molecular weight is 202 g/mol. The molecule has 0 atom stereocenters. The van der Waals surface area contributed by atoms with Gasteiger partial charge in [0.15, 0.2) is 0 Å². The molecule has 2 aromatic heterocycles. The van der Waals surface area contributed by atoms with Gasteiger partial charge in [0, 0.05) is 6.07 Å². The minimum absolute atomic E-state index is 0.485. The van der Waals surface area contributed by atoms with Gasteiger partial charge in [0.2, 0.25) is 5.88 Å². The van der Waals surface area contributed by atoms with E-state index in [-0.39, 0.29) is 0 Å². The van der Waals surface area contributed by atoms with E-state index in [0.717, 1.165) is 5.69 Å². The molecule has 5 heteroatoms. The number of aromatic nitrogens is 4. The normalized spacial score (nSPS) is 10.0. The standard InChI is InChI=1S/C10H10N4O/c1-7-3-4-8(12-11-7)9-5-6-10(15-2)14-13-9/h3-6H,1-2H3. The zero-order valence-electron chi connectivity index (χ0n) is 8.51. The monoisotopic (exact) mass is 202 g/mol. The lowest BCUT2D eigenvalue weighted by molar-refractivity contribution is 0.392. The van der Waals surface area contributed by atoms with E-state index in [1.807, 2.05) is 19.1 Å². The molecule has 0 N–H and O–H groups in total. The van der Waals surface area contributed by atoms with Gasteiger partial charge in [-0.05, 0) is 25.1 Å². The molecule has 15 heavy (non-hydrogen) atoms. The van der Waals surface area contributed by atoms with E-state index in [9.17, 15) is 0 Å². The van der Waals surface area contributed by atoms with Crippen LogP contribution in [0.4, 0.5) is 0 Å². The van der Waals surface area contributed by atoms with Crippen molar-refractivity contribution < 1.29 is 4.74 Å². The van der Waals surface area contributed by atoms with Crippen LogP contribution >= 0.6 is 0 Å². The van der Waals surface area contributed by atoms with E-state index in [2.05, 4.69) is 20.4 Å². The lowest BCUT2D eigenvalue weighted by Gasteiger charge is -1.99. The van der Waals surface area contributed by atoms with Crippen molar-refractivity contribution in [3.63, 3.8) is 0 Å². The summed E-state index contributed by atoms with van der Waals surface area (Å²) in [6.45, 7) is 1.89. The number of methoxy groups -OCH3 is 1. The maximum absolute atomic E-state index is 4.91. The van der Waals surface area contributed by atoms with Gasteiger partial charge in [-0.3, -0.25) is 0 Å². The Bertz CT molecular complexity index is 438. The largest absolute Gasteiger partial charge is 0.480 e. The van der Waals surface area contributed by atoms with Crippen molar-refractivity contribution in [1.82, 2.24) is 20.4 Å². The Balaban J connectivity index is 2.33. The SMILES string of the molecule is COc1ccc(-c2ccc(C)nn2)nn1. The van der Waals surface area contributed by atoms with Gasteiger partial charge in [-0.1, -0.05) is 0 Å². The summed E-state index contributed by atoms with van der Waals surface area (Å²) >= 11 is 0. The molecule has 0 spiro atoms. The predicted octanol–water partition coefficient (Wildman–Crippen LogP) is 1.25. The number of hydrogen-bond donors (Lipinski definition) is 0. The Labute approximate surface area is 87.1 Å². The quantitative estimate of drug-likeness (QED) is 0.733. The zero-order valence-corrected chi connectivity index (χ0v) is 8.51. The molecular weight excluding hydrogens is 192 g/mol. The lowest BCUT2D eigenvalue weighted by Crippen LogP contribution is -1.95. The van der Waals surface area contributed by atoms with E-state index in [0.29, 0.717) is 17.3 Å². The first-order chi connectivity index (χ1) is 7.29. The van der Waals surface area contributed by atoms with Crippen LogP contribution in [0.5, 0.6) is 5.88 Å². The van der Waals surface area contributed by atoms with Gasteiger partial charge in [0.25, 0.3) is 0 Å². The van der Waals surface area contributed by atoms with Gasteiger partial charge in [-0.2, -0.15) is 5.10 Å². The van der Waals surface area contributed by atoms with Gasteiger partial charge in [-0.15, -0.1) is 15.3 Å². The van der Waals surface area contributed by atoms with E-state index in [1.165, 1.54) is 0 Å². The first-order valence-electron chi connectivity index (χ1n) is 4.48. The third kappa shape index (κ3) is 2.07. The van der Waals surface area contributed by atoms with Gasteiger partial charge >= 0.3 is 0 Å². The Morgan fingerprint density at radius 3 is 2.00 bits per heavy atom. The van der Waals surface area contributed by atoms with Crippen LogP contribution < -0.4 is 4.74 Å². The molecule has 0 aliphatic heterocycles. The average Bonchev–Trinajstić information content (AvgIpc) is 2.30. The Morgan fingerprint density at radius 1 is 0.867 bits per heavy atom. The minimum atomic E-state index is 0.485. The smallest absolute Gasteiger partial charge is 0.233 e. The van der Waals surface area contributed by atoms with Crippen LogP contribution in [0.3, 0.4) is 0 Å². The third-order valence-corrected chi connectivity index (χ3v) is 1.91. The van der Waals surface area contributed by atoms with Crippen molar-refractivity contribution in [3.8, 4) is 17.3 Å². The first kappa shape index (κ1) is 9.51. The summed E-state index contributed by atoms with van der Waals surface area (Å²) in [6.07, 6.45) is 0. The molecule has 5 nitrogen and oxygen atoms in total. The van der Waals surface area contributed by atoms with Crippen LogP contribution in [0.1, 0.15) is 5.69 Å². The molecule has 0 bridgehead atoms. The number of hydrogen-bond acceptors (Lipinski definition) is 5. The highest BCUT2D eigenvalue weighted by Gasteiger charge is 2.02. The molecule has 2 rings (SSSR count). The fraction of sp³-hybridized carbons (Fsp3) is 0.200. The summed E-state index contributed by atoms with van der Waals surface area (Å²) in [5, 5.41) is 15.8. The van der Waals surface area contributed by atoms with Crippen molar-refractivity contribution >= 4 is 0 Å². The molecule has 0 saturated heterocycles. The van der Waals surface area contributed by atoms with E-state index in [4.69, 9.17) is 4.74 Å². The second kappa shape index (κ2) is 4.00. The summed E-state index contributed by atoms with van der Waals surface area (Å²) in [6, 6.07) is 7.28. The number of nitrogens with zero attached hydrogens (tertiary/aromatic N) is 4. The molecule has 0 unspecified atom stereocenters. The van der Waals surface area contributed by atoms with E-state index in [1.54, 1.807) is 19.2 Å². The molecule has 2 heterocycles. The minimum Gasteiger partial charge on any atom is -0.480 e. The van der Waals surface area contributed by atoms with Crippen LogP contribution in [0, 0.1) is 6.92 Å². The van der Waals surface area contributed by atoms with Gasteiger partial charge < -0.3 is 4.74 Å². The Hall–Kier alpha value is -2.04. The second-order valence-electron chi connectivity index (χ2n) is 3.02. The van der Waals surface area contributed by atoms with Crippen LogP contribution in [0.25, 0.3) is 11.4 Å². The maximum atomic E-state index is 4.91. The Morgan fingerprint density at radius 2 is 1.53 bits per heavy atom. The molecule has 0 aliphatic carbocycles. The van der Waals surface area contributed by atoms with Crippen LogP contribution in [0.2, 0.25) is 0 Å². The van der Waals surface area contributed by atoms with Crippen molar-refractivity contribution in [2.75, 3.05) is 7.11 Å². The number of aryl methyl sites for hydroxylation is 1. The topological polar surface area (TPSA) is 60.8 Å². The maximum Gasteiger partial charge on any atom is 0.233 e. The lowest BCUT2D eigenvalue weighted by atomic mass is 10.2. The fourth-order valence-corrected chi connectivity index (χ4v) is 1.10. The summed E-state index contributed by atoms with van der Waals surface area (Å²) in [5.41, 5.74) is 2.26. The molecule has 0 radical (unpaired) electrons. The third-order valence-electron chi connectivity index (χ3n) is 1.91. The molecule has 0 fully saturated rings. The molecule has 0 aliphatic rings. The highest BCUT2D eigenvalue weighted by Crippen LogP contribution is 2.14. The molecular formula is C10H10N4O. The zero-order chi connectivity index (χ0) is 10.7. The van der Waals surface area contributed by atoms with E-state index >= 15 is 0 Å². The van der Waals surface area contributed by atoms with Gasteiger partial charge in [0.05, 0.1) is 12.8 Å². The fourth-order valence-electron chi connectivity index (χ4n) is 1.10. The molecule has 0 saturated carbocycles. The molecule has 2 aromatic rings. The molecule has 0 aromatic carbocycles. The van der Waals surface area contributed by atoms with Crippen LogP contribution in [-0.2, 0) is 0 Å². The molecule has 0 amide bonds. The van der Waals surface area contributed by atoms with Crippen molar-refractivity contribution in [2.24, 2.45) is 0 Å². The second-order valence-corrected chi connectivity index (χ2v) is 3.02. The number of ether oxygens (including phenoxy) is 1. The highest BCUT2D eigenvalue weighted by atomic mass is 16.5. The van der Waals surface area contributed by atoms with Crippen LogP contribution in [0.15, 0.2) is 24.3 Å². The van der Waals surface area contributed by atoms with Crippen molar-refractivity contribution in [1.29, 1.82) is 0 Å². The summed E-state index contributed by atoms with van der Waals surface area (Å²) in [4.78, 5) is 0. The summed E-state index contributed by atoms with van der Waals surface area (Å²) in [5.74, 6) is 0.485. The van der Waals surface area contributed by atoms with E-state index < -0.39 is 0 Å². The van der Waals surface area contributed by atoms with Gasteiger partial charge in [-0.25, -0.2) is 0 Å². The Kier molecular flexibility index (Phi) is 2.53. The first-order valence-corrected chi connectivity index (χ1v) is 4.48. The van der Waals surface area contributed by atoms with Gasteiger partial charge in [0.1, 0.15) is 11.4 Å². The number of rotatable bonds is 2. The summed E-state index contributed by atoms with van der Waals surface area (Å²) < 4.78 is 4.91. The van der Waals surface area contributed by atoms with Crippen molar-refractivity contribution in [3.05, 3.63) is 30.0 Å². The van der Waals surface area contributed by atoms with Crippen LogP contribution in [-0.4, -0.2) is 27.5 Å². The predicted molar refractivity (Wildman–Crippen MR) is 54.3 cm³/mol. The summed E-state index contributed by atoms with van der Waals surface area (Å²) in [7, 11) is 1.55. The highest BCUT2D eigenvalue weighted by molar-refractivity contribution is 5.52. The van der Waals surface area contributed by atoms with Crippen molar-refractivity contribution in [2.45, 2.75) is 6.92 Å². The molecule has 76 valence electrons.